The maximum absolute atomic E-state index is 12.9. The third-order valence-corrected chi connectivity index (χ3v) is 5.90. The molecule has 3 rings (SSSR count). The number of carbonyl (C=O) groups is 1. The van der Waals surface area contributed by atoms with E-state index in [0.717, 1.165) is 18.4 Å². The first-order valence-electron chi connectivity index (χ1n) is 8.92. The third-order valence-electron chi connectivity index (χ3n) is 4.28. The van der Waals surface area contributed by atoms with Gasteiger partial charge in [-0.1, -0.05) is 67.4 Å². The molecule has 1 N–H and O–H groups in total. The predicted octanol–water partition coefficient (Wildman–Crippen LogP) is 5.32. The Bertz CT molecular complexity index is 1080. The van der Waals surface area contributed by atoms with Crippen LogP contribution in [0.4, 0.5) is 5.69 Å². The summed E-state index contributed by atoms with van der Waals surface area (Å²) in [7, 11) is -3.84. The standard InChI is InChI=1S/C22H20ClNO3S/c1-2-6-16-9-12-19(13-10-16)28(26,27)24-21-14-11-18(23)15-20(21)22(25)17-7-4-3-5-8-17/h3-5,7-15,24H,2,6H2,1H3. The van der Waals surface area contributed by atoms with Crippen LogP contribution in [0.15, 0.2) is 77.7 Å². The molecule has 28 heavy (non-hydrogen) atoms. The molecule has 0 aromatic heterocycles. The van der Waals surface area contributed by atoms with Gasteiger partial charge in [0, 0.05) is 16.1 Å². The van der Waals surface area contributed by atoms with Gasteiger partial charge < -0.3 is 0 Å². The van der Waals surface area contributed by atoms with Gasteiger partial charge in [0.1, 0.15) is 0 Å². The lowest BCUT2D eigenvalue weighted by atomic mass is 10.0. The molecular formula is C22H20ClNO3S. The lowest BCUT2D eigenvalue weighted by Crippen LogP contribution is -2.16. The number of anilines is 1. The smallest absolute Gasteiger partial charge is 0.261 e. The Kier molecular flexibility index (Phi) is 6.17. The van der Waals surface area contributed by atoms with Crippen LogP contribution in [0.3, 0.4) is 0 Å². The number of ketones is 1. The SMILES string of the molecule is CCCc1ccc(S(=O)(=O)Nc2ccc(Cl)cc2C(=O)c2ccccc2)cc1. The molecule has 0 spiro atoms. The molecule has 0 heterocycles. The van der Waals surface area contributed by atoms with Crippen LogP contribution in [0, 0.1) is 0 Å². The van der Waals surface area contributed by atoms with Crippen molar-refractivity contribution in [1.29, 1.82) is 0 Å². The van der Waals surface area contributed by atoms with E-state index in [1.54, 1.807) is 60.7 Å². The van der Waals surface area contributed by atoms with E-state index in [4.69, 9.17) is 11.6 Å². The van der Waals surface area contributed by atoms with Gasteiger partial charge in [-0.2, -0.15) is 0 Å². The van der Waals surface area contributed by atoms with Crippen molar-refractivity contribution in [2.24, 2.45) is 0 Å². The van der Waals surface area contributed by atoms with Gasteiger partial charge in [-0.15, -0.1) is 0 Å². The number of aryl methyl sites for hydroxylation is 1. The normalized spacial score (nSPS) is 11.2. The molecular weight excluding hydrogens is 394 g/mol. The van der Waals surface area contributed by atoms with Crippen LogP contribution in [0.25, 0.3) is 0 Å². The number of carbonyl (C=O) groups excluding carboxylic acids is 1. The fourth-order valence-electron chi connectivity index (χ4n) is 2.87. The summed E-state index contributed by atoms with van der Waals surface area (Å²) in [6.07, 6.45) is 1.88. The average molecular weight is 414 g/mol. The van der Waals surface area contributed by atoms with Crippen molar-refractivity contribution < 1.29 is 13.2 Å². The van der Waals surface area contributed by atoms with Crippen LogP contribution < -0.4 is 4.72 Å². The molecule has 0 saturated carbocycles. The van der Waals surface area contributed by atoms with Gasteiger partial charge in [-0.05, 0) is 42.3 Å². The van der Waals surface area contributed by atoms with E-state index < -0.39 is 10.0 Å². The molecule has 0 saturated heterocycles. The van der Waals surface area contributed by atoms with Crippen LogP contribution in [0.5, 0.6) is 0 Å². The van der Waals surface area contributed by atoms with Crippen LogP contribution in [0.1, 0.15) is 34.8 Å². The Morgan fingerprint density at radius 1 is 0.964 bits per heavy atom. The first-order valence-corrected chi connectivity index (χ1v) is 10.8. The molecule has 3 aromatic rings. The van der Waals surface area contributed by atoms with Crippen LogP contribution in [-0.2, 0) is 16.4 Å². The molecule has 0 aliphatic carbocycles. The van der Waals surface area contributed by atoms with Gasteiger partial charge in [0.2, 0.25) is 0 Å². The van der Waals surface area contributed by atoms with Crippen molar-refractivity contribution in [1.82, 2.24) is 0 Å². The van der Waals surface area contributed by atoms with E-state index in [1.807, 2.05) is 0 Å². The van der Waals surface area contributed by atoms with E-state index in [9.17, 15) is 13.2 Å². The Balaban J connectivity index is 1.94. The molecule has 0 aliphatic heterocycles. The molecule has 0 unspecified atom stereocenters. The predicted molar refractivity (Wildman–Crippen MR) is 113 cm³/mol. The second-order valence-corrected chi connectivity index (χ2v) is 8.50. The number of halogens is 1. The second kappa shape index (κ2) is 8.59. The van der Waals surface area contributed by atoms with Gasteiger partial charge in [0.05, 0.1) is 10.6 Å². The van der Waals surface area contributed by atoms with Crippen LogP contribution in [0.2, 0.25) is 5.02 Å². The van der Waals surface area contributed by atoms with Gasteiger partial charge in [-0.3, -0.25) is 9.52 Å². The minimum absolute atomic E-state index is 0.139. The summed E-state index contributed by atoms with van der Waals surface area (Å²) in [5.41, 5.74) is 1.92. The Morgan fingerprint density at radius 3 is 2.29 bits per heavy atom. The van der Waals surface area contributed by atoms with Crippen molar-refractivity contribution in [3.63, 3.8) is 0 Å². The van der Waals surface area contributed by atoms with Crippen molar-refractivity contribution >= 4 is 33.1 Å². The highest BCUT2D eigenvalue weighted by Crippen LogP contribution is 2.26. The molecule has 3 aromatic carbocycles. The number of rotatable bonds is 7. The Hall–Kier alpha value is -2.63. The summed E-state index contributed by atoms with van der Waals surface area (Å²) >= 11 is 6.05. The minimum atomic E-state index is -3.84. The lowest BCUT2D eigenvalue weighted by Gasteiger charge is -2.13. The molecule has 0 atom stereocenters. The first-order chi connectivity index (χ1) is 13.4. The van der Waals surface area contributed by atoms with Crippen molar-refractivity contribution in [3.05, 3.63) is 94.5 Å². The van der Waals surface area contributed by atoms with E-state index in [1.165, 1.54) is 12.1 Å². The quantitative estimate of drug-likeness (QED) is 0.533. The monoisotopic (exact) mass is 413 g/mol. The maximum atomic E-state index is 12.9. The summed E-state index contributed by atoms with van der Waals surface area (Å²) in [4.78, 5) is 13.0. The zero-order valence-corrected chi connectivity index (χ0v) is 16.9. The largest absolute Gasteiger partial charge is 0.289 e. The van der Waals surface area contributed by atoms with Gasteiger partial charge >= 0.3 is 0 Å². The molecule has 6 heteroatoms. The van der Waals surface area contributed by atoms with Crippen molar-refractivity contribution in [2.45, 2.75) is 24.7 Å². The summed E-state index contributed by atoms with van der Waals surface area (Å²) in [6, 6.07) is 19.9. The van der Waals surface area contributed by atoms with Crippen LogP contribution >= 0.6 is 11.6 Å². The zero-order valence-electron chi connectivity index (χ0n) is 15.4. The van der Waals surface area contributed by atoms with Gasteiger partial charge in [0.15, 0.2) is 5.78 Å². The summed E-state index contributed by atoms with van der Waals surface area (Å²) < 4.78 is 28.1. The maximum Gasteiger partial charge on any atom is 0.261 e. The topological polar surface area (TPSA) is 63.2 Å². The Labute approximate surface area is 170 Å². The van der Waals surface area contributed by atoms with E-state index in [2.05, 4.69) is 11.6 Å². The molecule has 144 valence electrons. The molecule has 0 fully saturated rings. The molecule has 4 nitrogen and oxygen atoms in total. The fraction of sp³-hybridized carbons (Fsp3) is 0.136. The van der Waals surface area contributed by atoms with Gasteiger partial charge in [-0.25, -0.2) is 8.42 Å². The van der Waals surface area contributed by atoms with Crippen molar-refractivity contribution in [3.8, 4) is 0 Å². The van der Waals surface area contributed by atoms with Gasteiger partial charge in [0.25, 0.3) is 10.0 Å². The fourth-order valence-corrected chi connectivity index (χ4v) is 4.12. The number of hydrogen-bond donors (Lipinski definition) is 1. The summed E-state index contributed by atoms with van der Waals surface area (Å²) in [5.74, 6) is -0.306. The Morgan fingerprint density at radius 2 is 1.64 bits per heavy atom. The number of nitrogens with one attached hydrogen (secondary N) is 1. The lowest BCUT2D eigenvalue weighted by molar-refractivity contribution is 0.103. The minimum Gasteiger partial charge on any atom is -0.289 e. The van der Waals surface area contributed by atoms with Crippen molar-refractivity contribution in [2.75, 3.05) is 4.72 Å². The second-order valence-electron chi connectivity index (χ2n) is 6.38. The first kappa shape index (κ1) is 20.1. The van der Waals surface area contributed by atoms with E-state index in [0.29, 0.717) is 10.6 Å². The summed E-state index contributed by atoms with van der Waals surface area (Å²) in [6.45, 7) is 2.07. The molecule has 0 aliphatic rings. The zero-order chi connectivity index (χ0) is 20.1. The average Bonchev–Trinajstić information content (AvgIpc) is 2.70. The molecule has 0 bridgehead atoms. The molecule has 0 radical (unpaired) electrons. The van der Waals surface area contributed by atoms with E-state index >= 15 is 0 Å². The number of benzene rings is 3. The highest BCUT2D eigenvalue weighted by molar-refractivity contribution is 7.92. The number of sulfonamides is 1. The molecule has 0 amide bonds. The highest BCUT2D eigenvalue weighted by Gasteiger charge is 2.20. The third kappa shape index (κ3) is 4.61. The summed E-state index contributed by atoms with van der Waals surface area (Å²) in [5, 5.41) is 0.353. The van der Waals surface area contributed by atoms with E-state index in [-0.39, 0.29) is 21.9 Å². The van der Waals surface area contributed by atoms with Crippen LogP contribution in [-0.4, -0.2) is 14.2 Å². The highest BCUT2D eigenvalue weighted by atomic mass is 35.5. The number of hydrogen-bond acceptors (Lipinski definition) is 3.